The Bertz CT molecular complexity index is 856. The molecule has 1 aliphatic heterocycles. The van der Waals surface area contributed by atoms with E-state index in [9.17, 15) is 19.2 Å². The SMILES string of the molecule is COC(=O)CC12CC(C(=O)OC)C1(C(=O)OC)Sc1ccccc1N2C(C)=O. The summed E-state index contributed by atoms with van der Waals surface area (Å²) in [5, 5.41) is 0. The molecule has 1 saturated carbocycles. The van der Waals surface area contributed by atoms with Gasteiger partial charge in [-0.25, -0.2) is 0 Å². The lowest BCUT2D eigenvalue weighted by Gasteiger charge is -2.65. The lowest BCUT2D eigenvalue weighted by atomic mass is 9.55. The minimum atomic E-state index is -1.52. The first-order valence-corrected chi connectivity index (χ1v) is 9.42. The van der Waals surface area contributed by atoms with E-state index in [-0.39, 0.29) is 18.7 Å². The fourth-order valence-corrected chi connectivity index (χ4v) is 6.05. The first-order chi connectivity index (χ1) is 13.3. The number of carbonyl (C=O) groups excluding carboxylic acids is 4. The van der Waals surface area contributed by atoms with Gasteiger partial charge in [-0.15, -0.1) is 11.8 Å². The highest BCUT2D eigenvalue weighted by Gasteiger charge is 2.78. The van der Waals surface area contributed by atoms with Crippen molar-refractivity contribution in [3.63, 3.8) is 0 Å². The van der Waals surface area contributed by atoms with E-state index in [1.807, 2.05) is 0 Å². The molecule has 0 spiro atoms. The van der Waals surface area contributed by atoms with Crippen molar-refractivity contribution in [1.29, 1.82) is 0 Å². The molecule has 3 unspecified atom stereocenters. The van der Waals surface area contributed by atoms with Crippen LogP contribution in [0.25, 0.3) is 0 Å². The van der Waals surface area contributed by atoms with E-state index in [2.05, 4.69) is 0 Å². The molecule has 0 aromatic heterocycles. The highest BCUT2D eigenvalue weighted by atomic mass is 32.2. The van der Waals surface area contributed by atoms with Gasteiger partial charge in [-0.1, -0.05) is 12.1 Å². The molecule has 1 aromatic rings. The maximum absolute atomic E-state index is 13.1. The van der Waals surface area contributed by atoms with Gasteiger partial charge in [-0.2, -0.15) is 0 Å². The van der Waals surface area contributed by atoms with E-state index in [4.69, 9.17) is 14.2 Å². The van der Waals surface area contributed by atoms with Gasteiger partial charge in [0.15, 0.2) is 4.75 Å². The van der Waals surface area contributed by atoms with Crippen molar-refractivity contribution >= 4 is 41.3 Å². The lowest BCUT2D eigenvalue weighted by Crippen LogP contribution is -2.81. The molecule has 1 amide bonds. The van der Waals surface area contributed by atoms with Crippen molar-refractivity contribution in [3.05, 3.63) is 24.3 Å². The number of hydrogen-bond donors (Lipinski definition) is 0. The van der Waals surface area contributed by atoms with Gasteiger partial charge in [0.1, 0.15) is 0 Å². The summed E-state index contributed by atoms with van der Waals surface area (Å²) in [6.07, 6.45) is -0.183. The minimum Gasteiger partial charge on any atom is -0.469 e. The van der Waals surface area contributed by atoms with Crippen LogP contribution in [-0.2, 0) is 33.4 Å². The van der Waals surface area contributed by atoms with E-state index in [1.54, 1.807) is 24.3 Å². The van der Waals surface area contributed by atoms with Crippen LogP contribution in [0.15, 0.2) is 29.2 Å². The average Bonchev–Trinajstić information content (AvgIpc) is 2.68. The molecule has 8 nitrogen and oxygen atoms in total. The summed E-state index contributed by atoms with van der Waals surface area (Å²) in [6.45, 7) is 1.36. The predicted molar refractivity (Wildman–Crippen MR) is 99.7 cm³/mol. The number of benzene rings is 1. The largest absolute Gasteiger partial charge is 0.469 e. The van der Waals surface area contributed by atoms with E-state index in [0.717, 1.165) is 11.8 Å². The zero-order valence-corrected chi connectivity index (χ0v) is 16.8. The Morgan fingerprint density at radius 1 is 1.11 bits per heavy atom. The average molecular weight is 407 g/mol. The molecule has 1 aromatic carbocycles. The number of hydrogen-bond acceptors (Lipinski definition) is 8. The van der Waals surface area contributed by atoms with E-state index < -0.39 is 34.1 Å². The number of fused-ring (bicyclic) bond motifs is 2. The Hall–Kier alpha value is -2.55. The second kappa shape index (κ2) is 7.12. The normalized spacial score (nSPS) is 27.6. The second-order valence-corrected chi connectivity index (χ2v) is 8.00. The van der Waals surface area contributed by atoms with Crippen LogP contribution in [0, 0.1) is 5.92 Å². The third-order valence-corrected chi connectivity index (χ3v) is 7.20. The fraction of sp³-hybridized carbons (Fsp3) is 0.474. The van der Waals surface area contributed by atoms with Gasteiger partial charge in [-0.05, 0) is 18.6 Å². The van der Waals surface area contributed by atoms with Gasteiger partial charge in [0.2, 0.25) is 5.91 Å². The number of para-hydroxylation sites is 1. The molecule has 9 heteroatoms. The predicted octanol–water partition coefficient (Wildman–Crippen LogP) is 1.55. The van der Waals surface area contributed by atoms with Crippen molar-refractivity contribution in [2.24, 2.45) is 5.92 Å². The Balaban J connectivity index is 2.30. The lowest BCUT2D eigenvalue weighted by molar-refractivity contribution is -0.170. The number of thioether (sulfide) groups is 1. The smallest absolute Gasteiger partial charge is 0.325 e. The second-order valence-electron chi connectivity index (χ2n) is 6.72. The number of ether oxygens (including phenoxy) is 3. The molecule has 150 valence electrons. The minimum absolute atomic E-state index is 0.0742. The molecule has 3 atom stereocenters. The molecule has 3 rings (SSSR count). The number of esters is 3. The number of carbonyl (C=O) groups is 4. The highest BCUT2D eigenvalue weighted by molar-refractivity contribution is 8.02. The molecule has 28 heavy (non-hydrogen) atoms. The standard InChI is InChI=1S/C19H21NO7S/c1-11(21)20-13-7-5-6-8-14(13)28-19(17(24)27-4)12(16(23)26-3)9-18(19,20)10-15(22)25-2/h5-8,12H,9-10H2,1-4H3. The van der Waals surface area contributed by atoms with Crippen LogP contribution >= 0.6 is 11.8 Å². The number of rotatable bonds is 4. The van der Waals surface area contributed by atoms with Crippen LogP contribution in [0.1, 0.15) is 19.8 Å². The van der Waals surface area contributed by atoms with Gasteiger partial charge in [-0.3, -0.25) is 19.2 Å². The molecule has 0 saturated heterocycles. The Morgan fingerprint density at radius 3 is 2.36 bits per heavy atom. The van der Waals surface area contributed by atoms with E-state index >= 15 is 0 Å². The number of amides is 1. The molecule has 1 fully saturated rings. The molecule has 0 N–H and O–H groups in total. The van der Waals surface area contributed by atoms with Gasteiger partial charge >= 0.3 is 17.9 Å². The topological polar surface area (TPSA) is 99.2 Å². The quantitative estimate of drug-likeness (QED) is 0.548. The summed E-state index contributed by atoms with van der Waals surface area (Å²) in [4.78, 5) is 52.7. The van der Waals surface area contributed by atoms with Gasteiger partial charge in [0, 0.05) is 11.8 Å². The van der Waals surface area contributed by atoms with Crippen LogP contribution in [-0.4, -0.2) is 55.4 Å². The Labute approximate surface area is 166 Å². The van der Waals surface area contributed by atoms with E-state index in [0.29, 0.717) is 10.6 Å². The van der Waals surface area contributed by atoms with Gasteiger partial charge in [0.05, 0.1) is 44.9 Å². The fourth-order valence-electron chi connectivity index (χ4n) is 4.36. The van der Waals surface area contributed by atoms with E-state index in [1.165, 1.54) is 33.2 Å². The monoisotopic (exact) mass is 407 g/mol. The van der Waals surface area contributed by atoms with Crippen LogP contribution in [0.5, 0.6) is 0 Å². The molecule has 0 radical (unpaired) electrons. The number of methoxy groups -OCH3 is 3. The summed E-state index contributed by atoms with van der Waals surface area (Å²) in [5.74, 6) is -3.11. The molecular weight excluding hydrogens is 386 g/mol. The molecule has 2 aliphatic rings. The first-order valence-electron chi connectivity index (χ1n) is 8.61. The van der Waals surface area contributed by atoms with Crippen molar-refractivity contribution in [1.82, 2.24) is 0 Å². The van der Waals surface area contributed by atoms with Crippen molar-refractivity contribution < 1.29 is 33.4 Å². The van der Waals surface area contributed by atoms with Crippen LogP contribution in [0.4, 0.5) is 5.69 Å². The third kappa shape index (κ3) is 2.52. The van der Waals surface area contributed by atoms with Crippen LogP contribution in [0.2, 0.25) is 0 Å². The summed E-state index contributed by atoms with van der Waals surface area (Å²) < 4.78 is 13.3. The molecular formula is C19H21NO7S. The van der Waals surface area contributed by atoms with Crippen LogP contribution < -0.4 is 4.90 Å². The third-order valence-electron chi connectivity index (χ3n) is 5.48. The summed E-state index contributed by atoms with van der Waals surface area (Å²) in [6, 6.07) is 7.04. The molecule has 0 bridgehead atoms. The Kier molecular flexibility index (Phi) is 5.14. The molecule has 1 aliphatic carbocycles. The zero-order chi connectivity index (χ0) is 20.7. The zero-order valence-electron chi connectivity index (χ0n) is 16.0. The number of nitrogens with zero attached hydrogens (tertiary/aromatic N) is 1. The van der Waals surface area contributed by atoms with Crippen LogP contribution in [0.3, 0.4) is 0 Å². The Morgan fingerprint density at radius 2 is 1.79 bits per heavy atom. The van der Waals surface area contributed by atoms with Gasteiger partial charge < -0.3 is 19.1 Å². The number of anilines is 1. The summed E-state index contributed by atoms with van der Waals surface area (Å²) in [5.41, 5.74) is -0.733. The van der Waals surface area contributed by atoms with Crippen molar-refractivity contribution in [2.75, 3.05) is 26.2 Å². The molecule has 1 heterocycles. The van der Waals surface area contributed by atoms with Gasteiger partial charge in [0.25, 0.3) is 0 Å². The summed E-state index contributed by atoms with van der Waals surface area (Å²) in [7, 11) is 3.68. The maximum Gasteiger partial charge on any atom is 0.325 e. The van der Waals surface area contributed by atoms with Crippen molar-refractivity contribution in [3.8, 4) is 0 Å². The summed E-state index contributed by atoms with van der Waals surface area (Å²) >= 11 is 1.13. The highest BCUT2D eigenvalue weighted by Crippen LogP contribution is 2.67. The van der Waals surface area contributed by atoms with Crippen molar-refractivity contribution in [2.45, 2.75) is 34.9 Å². The first kappa shape index (κ1) is 20.2. The maximum atomic E-state index is 13.1.